The Bertz CT molecular complexity index is 1300. The van der Waals surface area contributed by atoms with Crippen molar-refractivity contribution in [2.75, 3.05) is 6.61 Å². The summed E-state index contributed by atoms with van der Waals surface area (Å²) in [5.41, 5.74) is 6.78. The van der Waals surface area contributed by atoms with Gasteiger partial charge in [-0.05, 0) is 45.0 Å². The van der Waals surface area contributed by atoms with Crippen molar-refractivity contribution in [2.45, 2.75) is 12.0 Å². The number of fused-ring (bicyclic) bond motifs is 3. The highest BCUT2D eigenvalue weighted by atomic mass is 16.5. The second-order valence-electron chi connectivity index (χ2n) is 8.23. The van der Waals surface area contributed by atoms with Gasteiger partial charge in [-0.2, -0.15) is 0 Å². The van der Waals surface area contributed by atoms with Gasteiger partial charge in [0.25, 0.3) is 0 Å². The van der Waals surface area contributed by atoms with E-state index in [1.807, 2.05) is 72.8 Å². The summed E-state index contributed by atoms with van der Waals surface area (Å²) < 4.78 is 5.54. The van der Waals surface area contributed by atoms with Crippen LogP contribution >= 0.6 is 0 Å². The van der Waals surface area contributed by atoms with Crippen LogP contribution in [-0.4, -0.2) is 23.8 Å². The predicted molar refractivity (Wildman–Crippen MR) is 130 cm³/mol. The fraction of sp³-hybridized carbons (Fsp3) is 0.103. The fourth-order valence-electron chi connectivity index (χ4n) is 4.57. The fourth-order valence-corrected chi connectivity index (χ4v) is 4.57. The number of nitrogens with one attached hydrogen (secondary N) is 1. The molecule has 1 atom stereocenters. The lowest BCUT2D eigenvalue weighted by atomic mass is 9.98. The second-order valence-corrected chi connectivity index (χ2v) is 8.23. The van der Waals surface area contributed by atoms with Gasteiger partial charge in [-0.25, -0.2) is 9.59 Å². The lowest BCUT2D eigenvalue weighted by Crippen LogP contribution is -2.34. The molecule has 4 aromatic carbocycles. The van der Waals surface area contributed by atoms with E-state index in [0.717, 1.165) is 33.4 Å². The lowest BCUT2D eigenvalue weighted by molar-refractivity contribution is -0.139. The maximum absolute atomic E-state index is 12.7. The van der Waals surface area contributed by atoms with Gasteiger partial charge in [-0.3, -0.25) is 0 Å². The Hall–Kier alpha value is -4.38. The van der Waals surface area contributed by atoms with Crippen LogP contribution in [0.5, 0.6) is 0 Å². The molecule has 5 heteroatoms. The number of carbonyl (C=O) groups excluding carboxylic acids is 1. The lowest BCUT2D eigenvalue weighted by Gasteiger charge is -2.18. The highest BCUT2D eigenvalue weighted by molar-refractivity contribution is 5.82. The number of hydrogen-bond donors (Lipinski definition) is 2. The first-order valence-corrected chi connectivity index (χ1v) is 11.1. The number of ether oxygens (including phenoxy) is 1. The van der Waals surface area contributed by atoms with E-state index in [2.05, 4.69) is 17.4 Å². The molecule has 0 bridgehead atoms. The molecule has 0 spiro atoms. The minimum atomic E-state index is -1.22. The summed E-state index contributed by atoms with van der Waals surface area (Å²) in [7, 11) is 0. The first kappa shape index (κ1) is 21.5. The second kappa shape index (κ2) is 9.24. The van der Waals surface area contributed by atoms with Gasteiger partial charge in [0.05, 0.1) is 0 Å². The van der Waals surface area contributed by atoms with Crippen molar-refractivity contribution in [3.8, 4) is 22.3 Å². The van der Waals surface area contributed by atoms with Crippen molar-refractivity contribution >= 4 is 12.1 Å². The number of alkyl carbamates (subject to hydrolysis) is 1. The number of carbonyl (C=O) groups is 2. The van der Waals surface area contributed by atoms with Crippen LogP contribution in [0.15, 0.2) is 103 Å². The van der Waals surface area contributed by atoms with Crippen molar-refractivity contribution < 1.29 is 19.4 Å². The van der Waals surface area contributed by atoms with Gasteiger partial charge in [0, 0.05) is 5.92 Å². The highest BCUT2D eigenvalue weighted by Gasteiger charge is 2.30. The molecular formula is C29H23NO4. The predicted octanol–water partition coefficient (Wildman–Crippen LogP) is 6.02. The summed E-state index contributed by atoms with van der Waals surface area (Å²) >= 11 is 0. The van der Waals surface area contributed by atoms with Crippen molar-refractivity contribution in [3.05, 3.63) is 120 Å². The van der Waals surface area contributed by atoms with Crippen LogP contribution in [0.1, 0.15) is 28.7 Å². The summed E-state index contributed by atoms with van der Waals surface area (Å²) in [4.78, 5) is 24.7. The van der Waals surface area contributed by atoms with Crippen LogP contribution < -0.4 is 5.32 Å². The number of hydrogen-bond acceptors (Lipinski definition) is 3. The average Bonchev–Trinajstić information content (AvgIpc) is 3.20. The van der Waals surface area contributed by atoms with Crippen LogP contribution in [-0.2, 0) is 9.53 Å². The van der Waals surface area contributed by atoms with Crippen molar-refractivity contribution in [1.82, 2.24) is 5.32 Å². The van der Waals surface area contributed by atoms with Gasteiger partial charge in [-0.1, -0.05) is 97.1 Å². The van der Waals surface area contributed by atoms with Crippen molar-refractivity contribution in [3.63, 3.8) is 0 Å². The molecule has 34 heavy (non-hydrogen) atoms. The summed E-state index contributed by atoms with van der Waals surface area (Å²) in [5.74, 6) is -1.25. The van der Waals surface area contributed by atoms with E-state index in [1.54, 1.807) is 18.2 Å². The maximum Gasteiger partial charge on any atom is 0.408 e. The quantitative estimate of drug-likeness (QED) is 0.378. The van der Waals surface area contributed by atoms with Crippen LogP contribution in [0.4, 0.5) is 4.79 Å². The minimum absolute atomic E-state index is 0.0946. The van der Waals surface area contributed by atoms with E-state index in [4.69, 9.17) is 4.74 Å². The first-order valence-electron chi connectivity index (χ1n) is 11.1. The summed E-state index contributed by atoms with van der Waals surface area (Å²) in [5, 5.41) is 12.3. The monoisotopic (exact) mass is 449 g/mol. The standard InChI is InChI=1S/C29H23NO4/c31-28(32)27(21-12-8-11-20(17-21)19-9-2-1-3-10-19)30-29(33)34-18-26-24-15-6-4-13-22(24)23-14-5-7-16-25(23)26/h1-17,26-27H,18H2,(H,30,33)(H,31,32)/t27-/m1/s1. The molecule has 0 unspecified atom stereocenters. The van der Waals surface area contributed by atoms with Crippen LogP contribution in [0.3, 0.4) is 0 Å². The van der Waals surface area contributed by atoms with E-state index in [9.17, 15) is 14.7 Å². The Morgan fingerprint density at radius 2 is 1.35 bits per heavy atom. The van der Waals surface area contributed by atoms with E-state index in [1.165, 1.54) is 0 Å². The number of benzene rings is 4. The topological polar surface area (TPSA) is 75.6 Å². The molecule has 0 fully saturated rings. The molecular weight excluding hydrogens is 426 g/mol. The third-order valence-corrected chi connectivity index (χ3v) is 6.18. The molecule has 1 aliphatic carbocycles. The average molecular weight is 450 g/mol. The molecule has 0 saturated carbocycles. The molecule has 168 valence electrons. The maximum atomic E-state index is 12.7. The number of carboxylic acids is 1. The molecule has 4 aromatic rings. The first-order chi connectivity index (χ1) is 16.6. The zero-order valence-electron chi connectivity index (χ0n) is 18.3. The molecule has 2 N–H and O–H groups in total. The smallest absolute Gasteiger partial charge is 0.408 e. The molecule has 5 nitrogen and oxygen atoms in total. The van der Waals surface area contributed by atoms with Gasteiger partial charge in [0.15, 0.2) is 6.04 Å². The Kier molecular flexibility index (Phi) is 5.83. The third kappa shape index (κ3) is 4.16. The minimum Gasteiger partial charge on any atom is -0.479 e. The molecule has 1 aliphatic rings. The van der Waals surface area contributed by atoms with Gasteiger partial charge < -0.3 is 15.2 Å². The van der Waals surface area contributed by atoms with Gasteiger partial charge in [0.1, 0.15) is 6.61 Å². The molecule has 0 aliphatic heterocycles. The zero-order chi connectivity index (χ0) is 23.5. The number of carboxylic acid groups (broad SMARTS) is 1. The molecule has 0 aromatic heterocycles. The number of rotatable bonds is 6. The van der Waals surface area contributed by atoms with Crippen LogP contribution in [0.25, 0.3) is 22.3 Å². The molecule has 0 heterocycles. The van der Waals surface area contributed by atoms with Crippen LogP contribution in [0, 0.1) is 0 Å². The zero-order valence-corrected chi connectivity index (χ0v) is 18.3. The Morgan fingerprint density at radius 1 is 0.765 bits per heavy atom. The van der Waals surface area contributed by atoms with E-state index in [0.29, 0.717) is 5.56 Å². The molecule has 1 amide bonds. The summed E-state index contributed by atoms with van der Waals surface area (Å²) in [6, 6.07) is 31.7. The number of amides is 1. The molecule has 5 rings (SSSR count). The SMILES string of the molecule is O=C(N[C@@H](C(=O)O)c1cccc(-c2ccccc2)c1)OCC1c2ccccc2-c2ccccc21. The number of aliphatic carboxylic acids is 1. The molecule has 0 radical (unpaired) electrons. The van der Waals surface area contributed by atoms with Crippen molar-refractivity contribution in [1.29, 1.82) is 0 Å². The van der Waals surface area contributed by atoms with Gasteiger partial charge >= 0.3 is 12.1 Å². The summed E-state index contributed by atoms with van der Waals surface area (Å²) in [6.07, 6.45) is -0.764. The normalized spacial score (nSPS) is 12.9. The summed E-state index contributed by atoms with van der Waals surface area (Å²) in [6.45, 7) is 0.121. The Labute approximate surface area is 197 Å². The van der Waals surface area contributed by atoms with E-state index in [-0.39, 0.29) is 12.5 Å². The highest BCUT2D eigenvalue weighted by Crippen LogP contribution is 2.44. The van der Waals surface area contributed by atoms with Gasteiger partial charge in [-0.15, -0.1) is 0 Å². The third-order valence-electron chi connectivity index (χ3n) is 6.18. The van der Waals surface area contributed by atoms with Crippen LogP contribution in [0.2, 0.25) is 0 Å². The Balaban J connectivity index is 1.32. The Morgan fingerprint density at radius 3 is 2.00 bits per heavy atom. The van der Waals surface area contributed by atoms with E-state index >= 15 is 0 Å². The molecule has 0 saturated heterocycles. The van der Waals surface area contributed by atoms with Crippen molar-refractivity contribution in [2.24, 2.45) is 0 Å². The van der Waals surface area contributed by atoms with E-state index < -0.39 is 18.1 Å². The largest absolute Gasteiger partial charge is 0.479 e. The van der Waals surface area contributed by atoms with Gasteiger partial charge in [0.2, 0.25) is 0 Å².